The lowest BCUT2D eigenvalue weighted by molar-refractivity contribution is 0.927. The molecule has 0 aromatic heterocycles. The maximum atomic E-state index is 5.80. The molecule has 0 spiro atoms. The van der Waals surface area contributed by atoms with Gasteiger partial charge >= 0.3 is 0 Å². The summed E-state index contributed by atoms with van der Waals surface area (Å²) >= 11 is 5.80. The number of rotatable bonds is 7. The van der Waals surface area contributed by atoms with Crippen molar-refractivity contribution in [1.82, 2.24) is 0 Å². The third-order valence-corrected chi connectivity index (χ3v) is 3.19. The van der Waals surface area contributed by atoms with Gasteiger partial charge in [0, 0.05) is 5.03 Å². The predicted octanol–water partition coefficient (Wildman–Crippen LogP) is 6.16. The summed E-state index contributed by atoms with van der Waals surface area (Å²) in [6.07, 6.45) is 17.3. The van der Waals surface area contributed by atoms with Crippen LogP contribution in [0.15, 0.2) is 46.6 Å². The molecular weight excluding hydrogens is 240 g/mol. The van der Waals surface area contributed by atoms with Crippen LogP contribution < -0.4 is 0 Å². The molecule has 0 heterocycles. The van der Waals surface area contributed by atoms with Crippen molar-refractivity contribution < 1.29 is 0 Å². The maximum absolute atomic E-state index is 5.80. The number of allylic oxidation sites excluding steroid dienone is 8. The molecule has 1 aliphatic rings. The lowest BCUT2D eigenvalue weighted by Crippen LogP contribution is -1.82. The van der Waals surface area contributed by atoms with Crippen LogP contribution in [-0.4, -0.2) is 0 Å². The molecule has 1 rings (SSSR count). The van der Waals surface area contributed by atoms with E-state index in [1.807, 2.05) is 13.0 Å². The van der Waals surface area contributed by atoms with Crippen LogP contribution in [-0.2, 0) is 0 Å². The molecule has 0 aromatic carbocycles. The first-order valence-corrected chi connectivity index (χ1v) is 7.37. The van der Waals surface area contributed by atoms with Crippen molar-refractivity contribution >= 4 is 11.6 Å². The molecule has 0 aliphatic heterocycles. The lowest BCUT2D eigenvalue weighted by Gasteiger charge is -1.99. The van der Waals surface area contributed by atoms with Crippen LogP contribution in [0.4, 0.5) is 0 Å². The molecule has 0 nitrogen and oxygen atoms in total. The fourth-order valence-corrected chi connectivity index (χ4v) is 1.87. The summed E-state index contributed by atoms with van der Waals surface area (Å²) in [5.41, 5.74) is 2.89. The number of hydrogen-bond acceptors (Lipinski definition) is 0. The van der Waals surface area contributed by atoms with Crippen LogP contribution in [0, 0.1) is 5.92 Å². The van der Waals surface area contributed by atoms with Crippen LogP contribution >= 0.6 is 11.6 Å². The molecule has 0 atom stereocenters. The molecular formula is C17H25Cl. The fraction of sp³-hybridized carbons (Fsp3) is 0.529. The monoisotopic (exact) mass is 264 g/mol. The fourth-order valence-electron chi connectivity index (χ4n) is 1.80. The van der Waals surface area contributed by atoms with E-state index in [0.29, 0.717) is 0 Å². The Balaban J connectivity index is 2.46. The van der Waals surface area contributed by atoms with Gasteiger partial charge < -0.3 is 0 Å². The minimum absolute atomic E-state index is 0.833. The third-order valence-electron chi connectivity index (χ3n) is 3.07. The van der Waals surface area contributed by atoms with Gasteiger partial charge in [-0.05, 0) is 57.1 Å². The molecule has 0 bridgehead atoms. The zero-order chi connectivity index (χ0) is 13.4. The molecule has 1 aliphatic carbocycles. The molecule has 0 N–H and O–H groups in total. The summed E-state index contributed by atoms with van der Waals surface area (Å²) < 4.78 is 0. The molecule has 0 unspecified atom stereocenters. The second-order valence-corrected chi connectivity index (χ2v) is 5.74. The predicted molar refractivity (Wildman–Crippen MR) is 82.8 cm³/mol. The minimum Gasteiger partial charge on any atom is -0.0895 e. The van der Waals surface area contributed by atoms with Crippen molar-refractivity contribution in [1.29, 1.82) is 0 Å². The quantitative estimate of drug-likeness (QED) is 0.483. The molecule has 1 fully saturated rings. The standard InChI is InChI=1S/C17H25Cl/c1-4-5-8-16(17-12-13-17)9-6-7-14(2)10-11-15(3)18/h6,8-11,17H,4-5,7,12-13H2,1-3H3/b9-6-,14-10+,15-11+,16-8-. The van der Waals surface area contributed by atoms with E-state index in [0.717, 1.165) is 17.4 Å². The van der Waals surface area contributed by atoms with E-state index >= 15 is 0 Å². The van der Waals surface area contributed by atoms with E-state index in [9.17, 15) is 0 Å². The van der Waals surface area contributed by atoms with E-state index in [4.69, 9.17) is 11.6 Å². The SMILES string of the molecule is CCC/C=C(/C=C\C/C(C)=C/C=C(\C)Cl)C1CC1. The van der Waals surface area contributed by atoms with Crippen LogP contribution in [0.25, 0.3) is 0 Å². The van der Waals surface area contributed by atoms with E-state index in [1.165, 1.54) is 31.3 Å². The van der Waals surface area contributed by atoms with Gasteiger partial charge in [0.1, 0.15) is 0 Å². The Morgan fingerprint density at radius 3 is 2.50 bits per heavy atom. The molecule has 1 heteroatoms. The molecule has 0 aromatic rings. The molecule has 100 valence electrons. The summed E-state index contributed by atoms with van der Waals surface area (Å²) in [5.74, 6) is 0.849. The van der Waals surface area contributed by atoms with Gasteiger partial charge in [0.05, 0.1) is 0 Å². The number of halogens is 1. The first-order valence-electron chi connectivity index (χ1n) is 6.99. The topological polar surface area (TPSA) is 0 Å². The Bertz CT molecular complexity index is 361. The Hall–Kier alpha value is -0.750. The van der Waals surface area contributed by atoms with E-state index in [2.05, 4.69) is 38.2 Å². The maximum Gasteiger partial charge on any atom is 0.0149 e. The van der Waals surface area contributed by atoms with Crippen molar-refractivity contribution in [3.05, 3.63) is 46.6 Å². The van der Waals surface area contributed by atoms with Crippen LogP contribution in [0.2, 0.25) is 0 Å². The zero-order valence-corrected chi connectivity index (χ0v) is 12.6. The summed E-state index contributed by atoms with van der Waals surface area (Å²) in [7, 11) is 0. The van der Waals surface area contributed by atoms with Gasteiger partial charge in [0.15, 0.2) is 0 Å². The highest BCUT2D eigenvalue weighted by Gasteiger charge is 2.23. The van der Waals surface area contributed by atoms with Gasteiger partial charge in [0.25, 0.3) is 0 Å². The van der Waals surface area contributed by atoms with Crippen LogP contribution in [0.1, 0.15) is 52.9 Å². The lowest BCUT2D eigenvalue weighted by atomic mass is 10.1. The van der Waals surface area contributed by atoms with Gasteiger partial charge in [-0.3, -0.25) is 0 Å². The van der Waals surface area contributed by atoms with Gasteiger partial charge in [-0.2, -0.15) is 0 Å². The molecule has 0 saturated heterocycles. The van der Waals surface area contributed by atoms with E-state index in [-0.39, 0.29) is 0 Å². The summed E-state index contributed by atoms with van der Waals surface area (Å²) in [6, 6.07) is 0. The third kappa shape index (κ3) is 6.86. The van der Waals surface area contributed by atoms with Gasteiger partial charge in [-0.1, -0.05) is 54.8 Å². The summed E-state index contributed by atoms with van der Waals surface area (Å²) in [6.45, 7) is 6.28. The smallest absolute Gasteiger partial charge is 0.0149 e. The van der Waals surface area contributed by atoms with Gasteiger partial charge in [-0.15, -0.1) is 0 Å². The molecule has 0 radical (unpaired) electrons. The van der Waals surface area contributed by atoms with Crippen molar-refractivity contribution in [3.63, 3.8) is 0 Å². The highest BCUT2D eigenvalue weighted by molar-refractivity contribution is 6.29. The number of hydrogen-bond donors (Lipinski definition) is 0. The second kappa shape index (κ2) is 8.37. The molecule has 0 amide bonds. The average molecular weight is 265 g/mol. The van der Waals surface area contributed by atoms with Crippen molar-refractivity contribution in [3.8, 4) is 0 Å². The first-order chi connectivity index (χ1) is 8.63. The number of unbranched alkanes of at least 4 members (excludes halogenated alkanes) is 1. The second-order valence-electron chi connectivity index (χ2n) is 5.14. The Labute approximate surface area is 117 Å². The highest BCUT2D eigenvalue weighted by atomic mass is 35.5. The molecule has 1 saturated carbocycles. The zero-order valence-electron chi connectivity index (χ0n) is 11.9. The van der Waals surface area contributed by atoms with Gasteiger partial charge in [0.2, 0.25) is 0 Å². The van der Waals surface area contributed by atoms with Crippen molar-refractivity contribution in [2.75, 3.05) is 0 Å². The van der Waals surface area contributed by atoms with Crippen molar-refractivity contribution in [2.24, 2.45) is 5.92 Å². The van der Waals surface area contributed by atoms with Gasteiger partial charge in [-0.25, -0.2) is 0 Å². The first kappa shape index (κ1) is 15.3. The van der Waals surface area contributed by atoms with Crippen LogP contribution in [0.5, 0.6) is 0 Å². The summed E-state index contributed by atoms with van der Waals surface area (Å²) in [5, 5.41) is 0.833. The Morgan fingerprint density at radius 2 is 1.94 bits per heavy atom. The Kier molecular flexibility index (Phi) is 7.12. The molecule has 18 heavy (non-hydrogen) atoms. The van der Waals surface area contributed by atoms with E-state index < -0.39 is 0 Å². The average Bonchev–Trinajstić information content (AvgIpc) is 3.15. The van der Waals surface area contributed by atoms with E-state index in [1.54, 1.807) is 5.57 Å². The normalized spacial score (nSPS) is 18.8. The Morgan fingerprint density at radius 1 is 1.22 bits per heavy atom. The van der Waals surface area contributed by atoms with Crippen LogP contribution in [0.3, 0.4) is 0 Å². The minimum atomic E-state index is 0.833. The summed E-state index contributed by atoms with van der Waals surface area (Å²) in [4.78, 5) is 0. The van der Waals surface area contributed by atoms with Crippen molar-refractivity contribution in [2.45, 2.75) is 52.9 Å². The largest absolute Gasteiger partial charge is 0.0895 e. The highest BCUT2D eigenvalue weighted by Crippen LogP contribution is 2.37.